The third-order valence-corrected chi connectivity index (χ3v) is 4.29. The van der Waals surface area contributed by atoms with Crippen LogP contribution in [0.25, 0.3) is 5.69 Å². The molecule has 3 rings (SSSR count). The number of tetrazole rings is 1. The Morgan fingerprint density at radius 2 is 2.05 bits per heavy atom. The van der Waals surface area contributed by atoms with Crippen molar-refractivity contribution in [2.45, 2.75) is 17.6 Å². The van der Waals surface area contributed by atoms with E-state index in [2.05, 4.69) is 15.5 Å². The fraction of sp³-hybridized carbons (Fsp3) is 0.154. The van der Waals surface area contributed by atoms with Gasteiger partial charge in [-0.2, -0.15) is 4.68 Å². The first-order valence-corrected chi connectivity index (χ1v) is 7.33. The van der Waals surface area contributed by atoms with E-state index in [9.17, 15) is 4.21 Å². The van der Waals surface area contributed by atoms with Crippen molar-refractivity contribution in [1.82, 2.24) is 20.2 Å². The molecule has 0 radical (unpaired) electrons. The zero-order valence-electron chi connectivity index (χ0n) is 10.8. The lowest BCUT2D eigenvalue weighted by Crippen LogP contribution is -2.06. The van der Waals surface area contributed by atoms with E-state index in [1.165, 1.54) is 6.26 Å². The lowest BCUT2D eigenvalue weighted by molar-refractivity contribution is 0.525. The summed E-state index contributed by atoms with van der Waals surface area (Å²) < 4.78 is 19.1. The highest BCUT2D eigenvalue weighted by atomic mass is 32.2. The molecular weight excluding hydrogens is 276 g/mol. The largest absolute Gasteiger partial charge is 0.468 e. The van der Waals surface area contributed by atoms with E-state index < -0.39 is 10.8 Å². The number of hydrogen-bond donors (Lipinski definition) is 0. The number of furan rings is 1. The Bertz CT molecular complexity index is 736. The van der Waals surface area contributed by atoms with Gasteiger partial charge in [0.2, 0.25) is 0 Å². The number of nitrogens with zero attached hydrogens (tertiary/aromatic N) is 4. The van der Waals surface area contributed by atoms with Crippen LogP contribution in [0.1, 0.15) is 11.6 Å². The molecule has 3 aromatic rings. The molecule has 2 aromatic heterocycles. The van der Waals surface area contributed by atoms with Crippen LogP contribution in [-0.4, -0.2) is 24.4 Å². The first kappa shape index (κ1) is 12.7. The van der Waals surface area contributed by atoms with Gasteiger partial charge in [-0.25, -0.2) is 0 Å². The predicted molar refractivity (Wildman–Crippen MR) is 72.7 cm³/mol. The van der Waals surface area contributed by atoms with Gasteiger partial charge in [0.15, 0.2) is 5.82 Å². The van der Waals surface area contributed by atoms with Crippen molar-refractivity contribution in [2.75, 3.05) is 0 Å². The van der Waals surface area contributed by atoms with E-state index in [-0.39, 0.29) is 5.75 Å². The zero-order valence-corrected chi connectivity index (χ0v) is 11.6. The quantitative estimate of drug-likeness (QED) is 0.732. The summed E-state index contributed by atoms with van der Waals surface area (Å²) in [5, 5.41) is 11.6. The first-order chi connectivity index (χ1) is 9.75. The number of aryl methyl sites for hydroxylation is 1. The SMILES string of the molecule is Cc1occc1[S@](=O)Cc1nnnn1-c1ccccc1. The Hall–Kier alpha value is -2.28. The Morgan fingerprint density at radius 3 is 2.75 bits per heavy atom. The van der Waals surface area contributed by atoms with E-state index in [1.807, 2.05) is 30.3 Å². The minimum atomic E-state index is -1.23. The average Bonchev–Trinajstić information content (AvgIpc) is 3.08. The van der Waals surface area contributed by atoms with Crippen LogP contribution in [0.15, 0.2) is 52.0 Å². The van der Waals surface area contributed by atoms with Crippen molar-refractivity contribution in [3.05, 3.63) is 54.2 Å². The third kappa shape index (κ3) is 2.39. The molecule has 0 fully saturated rings. The molecule has 102 valence electrons. The minimum absolute atomic E-state index is 0.238. The normalized spacial score (nSPS) is 12.4. The molecule has 6 nitrogen and oxygen atoms in total. The lowest BCUT2D eigenvalue weighted by Gasteiger charge is -2.03. The van der Waals surface area contributed by atoms with Crippen molar-refractivity contribution in [3.8, 4) is 5.69 Å². The summed E-state index contributed by atoms with van der Waals surface area (Å²) >= 11 is 0. The number of rotatable bonds is 4. The topological polar surface area (TPSA) is 73.8 Å². The van der Waals surface area contributed by atoms with E-state index in [0.29, 0.717) is 16.5 Å². The summed E-state index contributed by atoms with van der Waals surface area (Å²) in [5.74, 6) is 1.44. The van der Waals surface area contributed by atoms with E-state index >= 15 is 0 Å². The molecule has 0 unspecified atom stereocenters. The van der Waals surface area contributed by atoms with Crippen molar-refractivity contribution in [1.29, 1.82) is 0 Å². The lowest BCUT2D eigenvalue weighted by atomic mass is 10.3. The Labute approximate surface area is 117 Å². The van der Waals surface area contributed by atoms with Gasteiger partial charge >= 0.3 is 0 Å². The third-order valence-electron chi connectivity index (χ3n) is 2.85. The van der Waals surface area contributed by atoms with Gasteiger partial charge < -0.3 is 4.42 Å². The van der Waals surface area contributed by atoms with Crippen molar-refractivity contribution >= 4 is 10.8 Å². The highest BCUT2D eigenvalue weighted by Gasteiger charge is 2.15. The van der Waals surface area contributed by atoms with Gasteiger partial charge in [-0.1, -0.05) is 18.2 Å². The second kappa shape index (κ2) is 5.38. The van der Waals surface area contributed by atoms with Crippen molar-refractivity contribution < 1.29 is 8.63 Å². The van der Waals surface area contributed by atoms with Gasteiger partial charge in [-0.15, -0.1) is 5.10 Å². The summed E-state index contributed by atoms with van der Waals surface area (Å²) in [6.45, 7) is 1.79. The second-order valence-corrected chi connectivity index (χ2v) is 5.59. The maximum Gasteiger partial charge on any atom is 0.169 e. The maximum atomic E-state index is 12.3. The van der Waals surface area contributed by atoms with Crippen molar-refractivity contribution in [3.63, 3.8) is 0 Å². The molecule has 0 spiro atoms. The molecule has 0 aliphatic heterocycles. The molecule has 0 amide bonds. The molecule has 1 atom stereocenters. The van der Waals surface area contributed by atoms with Crippen LogP contribution in [0.2, 0.25) is 0 Å². The molecule has 7 heteroatoms. The van der Waals surface area contributed by atoms with Crippen LogP contribution in [0.4, 0.5) is 0 Å². The number of aromatic nitrogens is 4. The van der Waals surface area contributed by atoms with Crippen LogP contribution in [0.3, 0.4) is 0 Å². The molecule has 1 aromatic carbocycles. The van der Waals surface area contributed by atoms with Crippen molar-refractivity contribution in [2.24, 2.45) is 0 Å². The van der Waals surface area contributed by atoms with Gasteiger partial charge in [-0.3, -0.25) is 4.21 Å². The summed E-state index contributed by atoms with van der Waals surface area (Å²) in [6, 6.07) is 11.2. The first-order valence-electron chi connectivity index (χ1n) is 6.01. The monoisotopic (exact) mass is 288 g/mol. The minimum Gasteiger partial charge on any atom is -0.468 e. The second-order valence-electron chi connectivity index (χ2n) is 4.17. The highest BCUT2D eigenvalue weighted by molar-refractivity contribution is 7.84. The number of para-hydroxylation sites is 1. The van der Waals surface area contributed by atoms with Crippen LogP contribution >= 0.6 is 0 Å². The molecule has 0 N–H and O–H groups in total. The van der Waals surface area contributed by atoms with Crippen LogP contribution in [0.5, 0.6) is 0 Å². The van der Waals surface area contributed by atoms with Crippen LogP contribution in [-0.2, 0) is 16.6 Å². The van der Waals surface area contributed by atoms with E-state index in [0.717, 1.165) is 5.69 Å². The average molecular weight is 288 g/mol. The summed E-state index contributed by atoms with van der Waals surface area (Å²) in [4.78, 5) is 0.674. The van der Waals surface area contributed by atoms with Gasteiger partial charge in [0.05, 0.1) is 33.4 Å². The molecule has 0 aliphatic rings. The Morgan fingerprint density at radius 1 is 1.25 bits per heavy atom. The zero-order chi connectivity index (χ0) is 13.9. The summed E-state index contributed by atoms with van der Waals surface area (Å²) in [7, 11) is -1.23. The highest BCUT2D eigenvalue weighted by Crippen LogP contribution is 2.17. The van der Waals surface area contributed by atoms with Crippen LogP contribution < -0.4 is 0 Å². The van der Waals surface area contributed by atoms with E-state index in [4.69, 9.17) is 4.42 Å². The molecule has 20 heavy (non-hydrogen) atoms. The predicted octanol–water partition coefficient (Wildman–Crippen LogP) is 1.87. The fourth-order valence-electron chi connectivity index (χ4n) is 1.87. The standard InChI is InChI=1S/C13H12N4O2S/c1-10-12(7-8-19-10)20(18)9-13-14-15-16-17(13)11-5-3-2-4-6-11/h2-8H,9H2,1H3/t20-/m1/s1. The summed E-state index contributed by atoms with van der Waals surface area (Å²) in [6.07, 6.45) is 1.53. The molecule has 0 aliphatic carbocycles. The smallest absolute Gasteiger partial charge is 0.169 e. The van der Waals surface area contributed by atoms with Gasteiger partial charge in [0, 0.05) is 0 Å². The molecule has 0 saturated heterocycles. The molecule has 0 saturated carbocycles. The molecule has 0 bridgehead atoms. The molecule has 2 heterocycles. The number of hydrogen-bond acceptors (Lipinski definition) is 5. The van der Waals surface area contributed by atoms with Gasteiger partial charge in [-0.05, 0) is 35.5 Å². The van der Waals surface area contributed by atoms with Gasteiger partial charge in [0.25, 0.3) is 0 Å². The van der Waals surface area contributed by atoms with Gasteiger partial charge in [0.1, 0.15) is 5.76 Å². The van der Waals surface area contributed by atoms with E-state index in [1.54, 1.807) is 17.7 Å². The fourth-order valence-corrected chi connectivity index (χ4v) is 3.02. The molecular formula is C13H12N4O2S. The summed E-state index contributed by atoms with van der Waals surface area (Å²) in [5.41, 5.74) is 0.841. The Balaban J connectivity index is 1.88. The van der Waals surface area contributed by atoms with Crippen LogP contribution in [0, 0.1) is 6.92 Å². The maximum absolute atomic E-state index is 12.3. The Kier molecular flexibility index (Phi) is 3.42. The number of benzene rings is 1.